The van der Waals surface area contributed by atoms with Gasteiger partial charge in [0, 0.05) is 5.56 Å². The van der Waals surface area contributed by atoms with E-state index in [1.165, 1.54) is 0 Å². The number of anilines is 1. The fraction of sp³-hybridized carbons (Fsp3) is 0. The van der Waals surface area contributed by atoms with Crippen molar-refractivity contribution in [2.24, 2.45) is 5.10 Å². The second kappa shape index (κ2) is 7.56. The number of hydrogen-bond donors (Lipinski definition) is 2. The Morgan fingerprint density at radius 2 is 1.69 bits per heavy atom. The lowest BCUT2D eigenvalue weighted by atomic mass is 10.1. The molecule has 3 rings (SSSR count). The standard InChI is InChI=1S/C19H12N6O/c1-20-16-15(13-9-5-3-6-10-13)22-23-18(16)24-25-19(21-2)17(26)14-11-7-4-8-12-14/h3-12H,(H2,22,23,24). The average Bonchev–Trinajstić information content (AvgIpc) is 3.12. The summed E-state index contributed by atoms with van der Waals surface area (Å²) in [5, 5.41) is 10.7. The zero-order chi connectivity index (χ0) is 18.4. The monoisotopic (exact) mass is 340 g/mol. The van der Waals surface area contributed by atoms with Gasteiger partial charge < -0.3 is 9.64 Å². The number of ketones is 1. The Morgan fingerprint density at radius 3 is 2.31 bits per heavy atom. The summed E-state index contributed by atoms with van der Waals surface area (Å²) in [6.07, 6.45) is 0. The molecule has 2 N–H and O–H groups in total. The minimum atomic E-state index is -0.503. The van der Waals surface area contributed by atoms with Crippen molar-refractivity contribution in [1.29, 1.82) is 0 Å². The van der Waals surface area contributed by atoms with Crippen molar-refractivity contribution in [2.45, 2.75) is 0 Å². The molecule has 0 unspecified atom stereocenters. The molecule has 0 amide bonds. The second-order valence-corrected chi connectivity index (χ2v) is 5.13. The number of benzene rings is 2. The molecule has 1 aromatic heterocycles. The molecule has 0 saturated heterocycles. The summed E-state index contributed by atoms with van der Waals surface area (Å²) in [7, 11) is 0. The number of aromatic nitrogens is 2. The lowest BCUT2D eigenvalue weighted by Crippen LogP contribution is -2.12. The van der Waals surface area contributed by atoms with Gasteiger partial charge in [0.15, 0.2) is 5.82 Å². The van der Waals surface area contributed by atoms with Crippen LogP contribution in [-0.2, 0) is 0 Å². The molecule has 0 bridgehead atoms. The van der Waals surface area contributed by atoms with Crippen LogP contribution in [0.15, 0.2) is 65.8 Å². The lowest BCUT2D eigenvalue weighted by molar-refractivity contribution is 0.106. The van der Waals surface area contributed by atoms with Crippen molar-refractivity contribution in [3.8, 4) is 11.3 Å². The summed E-state index contributed by atoms with van der Waals surface area (Å²) in [6, 6.07) is 17.7. The topological polar surface area (TPSA) is 78.9 Å². The van der Waals surface area contributed by atoms with Crippen molar-refractivity contribution in [2.75, 3.05) is 5.43 Å². The number of carbonyl (C=O) groups excluding carboxylic acids is 1. The van der Waals surface area contributed by atoms with Crippen LogP contribution in [0.2, 0.25) is 0 Å². The van der Waals surface area contributed by atoms with Gasteiger partial charge in [-0.25, -0.2) is 4.85 Å². The van der Waals surface area contributed by atoms with Crippen LogP contribution in [0.5, 0.6) is 0 Å². The third kappa shape index (κ3) is 3.32. The van der Waals surface area contributed by atoms with E-state index in [1.54, 1.807) is 30.3 Å². The van der Waals surface area contributed by atoms with E-state index in [2.05, 4.69) is 30.4 Å². The number of H-pyrrole nitrogens is 1. The number of aromatic amines is 1. The number of nitrogens with zero attached hydrogens (tertiary/aromatic N) is 4. The fourth-order valence-electron chi connectivity index (χ4n) is 2.28. The van der Waals surface area contributed by atoms with Crippen molar-refractivity contribution < 1.29 is 4.79 Å². The summed E-state index contributed by atoms with van der Waals surface area (Å²) in [6.45, 7) is 14.6. The van der Waals surface area contributed by atoms with Gasteiger partial charge in [-0.05, 0) is 10.7 Å². The van der Waals surface area contributed by atoms with E-state index in [0.717, 1.165) is 5.56 Å². The van der Waals surface area contributed by atoms with E-state index in [9.17, 15) is 4.79 Å². The van der Waals surface area contributed by atoms with Gasteiger partial charge in [0.2, 0.25) is 5.78 Å². The van der Waals surface area contributed by atoms with Crippen LogP contribution >= 0.6 is 0 Å². The molecule has 2 aromatic carbocycles. The quantitative estimate of drug-likeness (QED) is 0.241. The Hall–Kier alpha value is -4.23. The first-order chi connectivity index (χ1) is 12.7. The van der Waals surface area contributed by atoms with Crippen molar-refractivity contribution in [3.63, 3.8) is 0 Å². The molecule has 0 aliphatic carbocycles. The molecule has 0 spiro atoms. The molecule has 26 heavy (non-hydrogen) atoms. The normalized spacial score (nSPS) is 10.6. The predicted molar refractivity (Wildman–Crippen MR) is 98.7 cm³/mol. The van der Waals surface area contributed by atoms with E-state index in [-0.39, 0.29) is 17.3 Å². The van der Waals surface area contributed by atoms with Gasteiger partial charge in [0.1, 0.15) is 0 Å². The second-order valence-electron chi connectivity index (χ2n) is 5.13. The SMILES string of the molecule is [C-]#[N+]C(=NNc1n[nH]c(-c2ccccc2)c1[N+]#[C-])C(=O)c1ccccc1. The van der Waals surface area contributed by atoms with Crippen LogP contribution in [0.4, 0.5) is 11.5 Å². The Balaban J connectivity index is 1.88. The molecule has 7 nitrogen and oxygen atoms in total. The molecule has 0 atom stereocenters. The van der Waals surface area contributed by atoms with Crippen LogP contribution in [0.3, 0.4) is 0 Å². The van der Waals surface area contributed by atoms with E-state index >= 15 is 0 Å². The minimum absolute atomic E-state index is 0.154. The summed E-state index contributed by atoms with van der Waals surface area (Å²) in [5.74, 6) is -0.687. The average molecular weight is 340 g/mol. The minimum Gasteiger partial charge on any atom is -0.356 e. The molecule has 0 aliphatic rings. The first-order valence-corrected chi connectivity index (χ1v) is 7.56. The fourth-order valence-corrected chi connectivity index (χ4v) is 2.28. The van der Waals surface area contributed by atoms with Crippen LogP contribution < -0.4 is 5.43 Å². The van der Waals surface area contributed by atoms with Gasteiger partial charge in [-0.2, -0.15) is 10.5 Å². The van der Waals surface area contributed by atoms with Crippen molar-refractivity contribution in [3.05, 3.63) is 89.1 Å². The Morgan fingerprint density at radius 1 is 1.04 bits per heavy atom. The van der Waals surface area contributed by atoms with Gasteiger partial charge >= 0.3 is 5.84 Å². The maximum absolute atomic E-state index is 12.3. The van der Waals surface area contributed by atoms with E-state index in [1.807, 2.05) is 30.3 Å². The van der Waals surface area contributed by atoms with Crippen LogP contribution in [-0.4, -0.2) is 21.8 Å². The molecular formula is C19H12N6O. The van der Waals surface area contributed by atoms with E-state index in [0.29, 0.717) is 11.3 Å². The Labute approximate surface area is 149 Å². The highest BCUT2D eigenvalue weighted by atomic mass is 16.1. The zero-order valence-corrected chi connectivity index (χ0v) is 13.5. The van der Waals surface area contributed by atoms with Crippen LogP contribution in [0.25, 0.3) is 20.9 Å². The van der Waals surface area contributed by atoms with Crippen molar-refractivity contribution in [1.82, 2.24) is 10.2 Å². The Bertz CT molecular complexity index is 1040. The van der Waals surface area contributed by atoms with Gasteiger partial charge in [-0.1, -0.05) is 67.2 Å². The molecule has 7 heteroatoms. The first-order valence-electron chi connectivity index (χ1n) is 7.56. The van der Waals surface area contributed by atoms with Gasteiger partial charge in [-0.3, -0.25) is 5.10 Å². The molecule has 0 radical (unpaired) electrons. The maximum Gasteiger partial charge on any atom is 0.341 e. The number of amidine groups is 1. The summed E-state index contributed by atoms with van der Waals surface area (Å²) in [5.41, 5.74) is 4.49. The molecule has 1 heterocycles. The van der Waals surface area contributed by atoms with Crippen molar-refractivity contribution >= 4 is 23.1 Å². The lowest BCUT2D eigenvalue weighted by Gasteiger charge is -1.99. The summed E-state index contributed by atoms with van der Waals surface area (Å²) in [4.78, 5) is 19.0. The number of rotatable bonds is 5. The molecule has 0 aliphatic heterocycles. The van der Waals surface area contributed by atoms with Crippen LogP contribution in [0, 0.1) is 13.1 Å². The molecule has 3 aromatic rings. The third-order valence-corrected chi connectivity index (χ3v) is 3.53. The van der Waals surface area contributed by atoms with Gasteiger partial charge in [0.05, 0.1) is 12.3 Å². The number of Topliss-reactive ketones (excluding diaryl/α,β-unsaturated/α-hetero) is 1. The van der Waals surface area contributed by atoms with Crippen LogP contribution in [0.1, 0.15) is 10.4 Å². The zero-order valence-electron chi connectivity index (χ0n) is 13.5. The third-order valence-electron chi connectivity index (χ3n) is 3.53. The molecule has 124 valence electrons. The number of hydrogen-bond acceptors (Lipinski definition) is 4. The number of hydrazone groups is 1. The predicted octanol–water partition coefficient (Wildman–Crippen LogP) is 4.16. The smallest absolute Gasteiger partial charge is 0.341 e. The highest BCUT2D eigenvalue weighted by Crippen LogP contribution is 2.34. The highest BCUT2D eigenvalue weighted by molar-refractivity contribution is 6.48. The highest BCUT2D eigenvalue weighted by Gasteiger charge is 2.18. The van der Waals surface area contributed by atoms with E-state index in [4.69, 9.17) is 13.1 Å². The molecular weight excluding hydrogens is 328 g/mol. The molecule has 0 fully saturated rings. The van der Waals surface area contributed by atoms with Gasteiger partial charge in [-0.15, -0.1) is 0 Å². The van der Waals surface area contributed by atoms with Gasteiger partial charge in [0.25, 0.3) is 5.69 Å². The number of nitrogens with one attached hydrogen (secondary N) is 2. The number of carbonyl (C=O) groups is 1. The summed E-state index contributed by atoms with van der Waals surface area (Å²) >= 11 is 0. The van der Waals surface area contributed by atoms with E-state index < -0.39 is 5.78 Å². The Kier molecular flexibility index (Phi) is 4.83. The first kappa shape index (κ1) is 16.6. The summed E-state index contributed by atoms with van der Waals surface area (Å²) < 4.78 is 0. The maximum atomic E-state index is 12.3. The molecule has 0 saturated carbocycles. The largest absolute Gasteiger partial charge is 0.356 e.